The molecule has 0 atom stereocenters. The molecule has 20 heavy (non-hydrogen) atoms. The van der Waals surface area contributed by atoms with Crippen LogP contribution in [0.4, 0.5) is 10.5 Å². The fourth-order valence-corrected chi connectivity index (χ4v) is 2.54. The van der Waals surface area contributed by atoms with Crippen molar-refractivity contribution in [1.29, 1.82) is 0 Å². The fourth-order valence-electron chi connectivity index (χ4n) is 2.54. The Balaban J connectivity index is 1.79. The van der Waals surface area contributed by atoms with Crippen LogP contribution in [0.3, 0.4) is 0 Å². The predicted molar refractivity (Wildman–Crippen MR) is 72.5 cm³/mol. The zero-order valence-corrected chi connectivity index (χ0v) is 11.0. The summed E-state index contributed by atoms with van der Waals surface area (Å²) in [6.45, 7) is 1.62. The molecule has 2 saturated heterocycles. The summed E-state index contributed by atoms with van der Waals surface area (Å²) in [4.78, 5) is 38.2. The Hall–Kier alpha value is -2.37. The van der Waals surface area contributed by atoms with Gasteiger partial charge in [-0.2, -0.15) is 0 Å². The van der Waals surface area contributed by atoms with E-state index in [1.807, 2.05) is 4.90 Å². The van der Waals surface area contributed by atoms with Gasteiger partial charge in [-0.05, 0) is 37.1 Å². The highest BCUT2D eigenvalue weighted by molar-refractivity contribution is 6.19. The maximum Gasteiger partial charge on any atom is 0.329 e. The number of hydrogen-bond donors (Lipinski definition) is 1. The number of nitrogens with one attached hydrogen (secondary N) is 1. The molecule has 2 aliphatic heterocycles. The van der Waals surface area contributed by atoms with E-state index in [0.29, 0.717) is 11.3 Å². The molecule has 0 aromatic heterocycles. The average molecular weight is 273 g/mol. The van der Waals surface area contributed by atoms with Crippen LogP contribution >= 0.6 is 0 Å². The summed E-state index contributed by atoms with van der Waals surface area (Å²) in [5.41, 5.74) is 1.07. The summed E-state index contributed by atoms with van der Waals surface area (Å²) < 4.78 is 0. The number of urea groups is 1. The maximum absolute atomic E-state index is 12.2. The van der Waals surface area contributed by atoms with Gasteiger partial charge in [0.25, 0.3) is 11.8 Å². The Bertz CT molecular complexity index is 546. The van der Waals surface area contributed by atoms with Crippen molar-refractivity contribution >= 4 is 23.5 Å². The summed E-state index contributed by atoms with van der Waals surface area (Å²) in [5, 5.41) is 2.46. The lowest BCUT2D eigenvalue weighted by atomic mass is 10.1. The van der Waals surface area contributed by atoms with Crippen molar-refractivity contribution in [3.05, 3.63) is 29.8 Å². The molecule has 2 aliphatic rings. The van der Waals surface area contributed by atoms with Gasteiger partial charge < -0.3 is 10.2 Å². The van der Waals surface area contributed by atoms with E-state index >= 15 is 0 Å². The fraction of sp³-hybridized carbons (Fsp3) is 0.357. The largest absolute Gasteiger partial charge is 0.339 e. The Labute approximate surface area is 116 Å². The molecule has 2 heterocycles. The summed E-state index contributed by atoms with van der Waals surface area (Å²) in [6.07, 6.45) is 2.10. The van der Waals surface area contributed by atoms with Gasteiger partial charge in [-0.3, -0.25) is 9.59 Å². The van der Waals surface area contributed by atoms with E-state index in [9.17, 15) is 14.4 Å². The van der Waals surface area contributed by atoms with Crippen LogP contribution in [0.5, 0.6) is 0 Å². The highest BCUT2D eigenvalue weighted by Crippen LogP contribution is 2.20. The Morgan fingerprint density at radius 3 is 2.25 bits per heavy atom. The van der Waals surface area contributed by atoms with E-state index in [1.54, 1.807) is 24.3 Å². The van der Waals surface area contributed by atoms with E-state index in [-0.39, 0.29) is 18.4 Å². The SMILES string of the molecule is O=C(c1ccc(N2C(=O)CNC2=O)cc1)N1CCCC1. The van der Waals surface area contributed by atoms with Crippen LogP contribution in [-0.4, -0.2) is 42.4 Å². The molecule has 1 aromatic rings. The van der Waals surface area contributed by atoms with Crippen molar-refractivity contribution in [2.75, 3.05) is 24.5 Å². The van der Waals surface area contributed by atoms with Crippen LogP contribution in [0.15, 0.2) is 24.3 Å². The van der Waals surface area contributed by atoms with Gasteiger partial charge in [0, 0.05) is 18.7 Å². The van der Waals surface area contributed by atoms with Gasteiger partial charge in [0.15, 0.2) is 0 Å². The smallest absolute Gasteiger partial charge is 0.329 e. The first-order valence-corrected chi connectivity index (χ1v) is 6.67. The van der Waals surface area contributed by atoms with Crippen molar-refractivity contribution in [2.24, 2.45) is 0 Å². The molecule has 0 spiro atoms. The molecule has 3 rings (SSSR count). The van der Waals surface area contributed by atoms with Crippen molar-refractivity contribution in [3.63, 3.8) is 0 Å². The summed E-state index contributed by atoms with van der Waals surface area (Å²) in [6, 6.07) is 6.16. The zero-order valence-electron chi connectivity index (χ0n) is 11.0. The second kappa shape index (κ2) is 4.96. The minimum atomic E-state index is -0.423. The molecule has 0 radical (unpaired) electrons. The molecule has 1 aromatic carbocycles. The number of hydrogen-bond acceptors (Lipinski definition) is 3. The summed E-state index contributed by atoms with van der Waals surface area (Å²) >= 11 is 0. The number of anilines is 1. The van der Waals surface area contributed by atoms with Crippen molar-refractivity contribution in [1.82, 2.24) is 10.2 Å². The third-order valence-electron chi connectivity index (χ3n) is 3.61. The van der Waals surface area contributed by atoms with Gasteiger partial charge >= 0.3 is 6.03 Å². The van der Waals surface area contributed by atoms with Crippen molar-refractivity contribution in [2.45, 2.75) is 12.8 Å². The molecule has 0 bridgehead atoms. The van der Waals surface area contributed by atoms with Crippen LogP contribution < -0.4 is 10.2 Å². The molecule has 0 saturated carbocycles. The molecular weight excluding hydrogens is 258 g/mol. The quantitative estimate of drug-likeness (QED) is 0.817. The molecule has 0 unspecified atom stereocenters. The van der Waals surface area contributed by atoms with Gasteiger partial charge in [-0.25, -0.2) is 9.69 Å². The number of benzene rings is 1. The van der Waals surface area contributed by atoms with E-state index in [1.165, 1.54) is 0 Å². The highest BCUT2D eigenvalue weighted by atomic mass is 16.2. The monoisotopic (exact) mass is 273 g/mol. The van der Waals surface area contributed by atoms with Crippen LogP contribution in [-0.2, 0) is 4.79 Å². The summed E-state index contributed by atoms with van der Waals surface area (Å²) in [5.74, 6) is -0.278. The number of nitrogens with zero attached hydrogens (tertiary/aromatic N) is 2. The van der Waals surface area contributed by atoms with Gasteiger partial charge in [0.05, 0.1) is 12.2 Å². The normalized spacial score (nSPS) is 18.6. The molecule has 104 valence electrons. The molecule has 2 fully saturated rings. The predicted octanol–water partition coefficient (Wildman–Crippen LogP) is 0.979. The lowest BCUT2D eigenvalue weighted by Gasteiger charge is -2.16. The molecule has 6 heteroatoms. The molecular formula is C14H15N3O3. The van der Waals surface area contributed by atoms with Crippen LogP contribution in [0.25, 0.3) is 0 Å². The minimum absolute atomic E-state index is 0.00579. The maximum atomic E-state index is 12.2. The Kier molecular flexibility index (Phi) is 3.14. The Morgan fingerprint density at radius 1 is 1.05 bits per heavy atom. The zero-order chi connectivity index (χ0) is 14.1. The number of rotatable bonds is 2. The minimum Gasteiger partial charge on any atom is -0.339 e. The number of carbonyl (C=O) groups excluding carboxylic acids is 3. The van der Waals surface area contributed by atoms with Crippen molar-refractivity contribution in [3.8, 4) is 0 Å². The topological polar surface area (TPSA) is 69.7 Å². The summed E-state index contributed by atoms with van der Waals surface area (Å²) in [7, 11) is 0. The van der Waals surface area contributed by atoms with E-state index in [4.69, 9.17) is 0 Å². The number of amides is 4. The highest BCUT2D eigenvalue weighted by Gasteiger charge is 2.30. The number of imide groups is 1. The lowest BCUT2D eigenvalue weighted by Crippen LogP contribution is -2.31. The van der Waals surface area contributed by atoms with Gasteiger partial charge in [-0.15, -0.1) is 0 Å². The van der Waals surface area contributed by atoms with Gasteiger partial charge in [0.2, 0.25) is 0 Å². The second-order valence-corrected chi connectivity index (χ2v) is 4.93. The van der Waals surface area contributed by atoms with Gasteiger partial charge in [0.1, 0.15) is 0 Å². The van der Waals surface area contributed by atoms with Gasteiger partial charge in [-0.1, -0.05) is 0 Å². The van der Waals surface area contributed by atoms with E-state index in [0.717, 1.165) is 30.8 Å². The van der Waals surface area contributed by atoms with Crippen LogP contribution in [0.2, 0.25) is 0 Å². The lowest BCUT2D eigenvalue weighted by molar-refractivity contribution is -0.115. The molecule has 4 amide bonds. The van der Waals surface area contributed by atoms with Crippen LogP contribution in [0.1, 0.15) is 23.2 Å². The number of carbonyl (C=O) groups is 3. The Morgan fingerprint density at radius 2 is 1.70 bits per heavy atom. The van der Waals surface area contributed by atoms with Crippen molar-refractivity contribution < 1.29 is 14.4 Å². The third kappa shape index (κ3) is 2.13. The molecule has 1 N–H and O–H groups in total. The first-order valence-electron chi connectivity index (χ1n) is 6.67. The van der Waals surface area contributed by atoms with E-state index < -0.39 is 6.03 Å². The number of likely N-dealkylation sites (tertiary alicyclic amines) is 1. The standard InChI is InChI=1S/C14H15N3O3/c18-12-9-15-14(20)17(12)11-5-3-10(4-6-11)13(19)16-7-1-2-8-16/h3-6H,1-2,7-9H2,(H,15,20). The molecule has 6 nitrogen and oxygen atoms in total. The molecule has 0 aliphatic carbocycles. The third-order valence-corrected chi connectivity index (χ3v) is 3.61. The van der Waals surface area contributed by atoms with E-state index in [2.05, 4.69) is 5.32 Å². The second-order valence-electron chi connectivity index (χ2n) is 4.93. The first-order chi connectivity index (χ1) is 9.66. The van der Waals surface area contributed by atoms with Crippen LogP contribution in [0, 0.1) is 0 Å². The average Bonchev–Trinajstić information content (AvgIpc) is 3.09. The first kappa shape index (κ1) is 12.7.